The quantitative estimate of drug-likeness (QED) is 0.402. The van der Waals surface area contributed by atoms with E-state index in [2.05, 4.69) is 11.1 Å². The van der Waals surface area contributed by atoms with Crippen molar-refractivity contribution in [2.45, 2.75) is 44.2 Å². The summed E-state index contributed by atoms with van der Waals surface area (Å²) in [6.45, 7) is 6.52. The lowest BCUT2D eigenvalue weighted by atomic mass is 9.77. The fourth-order valence-electron chi connectivity index (χ4n) is 3.32. The zero-order valence-corrected chi connectivity index (χ0v) is 20.5. The predicted molar refractivity (Wildman–Crippen MR) is 124 cm³/mol. The van der Waals surface area contributed by atoms with Crippen molar-refractivity contribution in [2.24, 2.45) is 0 Å². The monoisotopic (exact) mass is 488 g/mol. The molecule has 1 aromatic heterocycles. The number of nitrogens with zero attached hydrogens (tertiary/aromatic N) is 2. The number of hydrogen-bond acceptors (Lipinski definition) is 7. The molecule has 33 heavy (non-hydrogen) atoms. The summed E-state index contributed by atoms with van der Waals surface area (Å²) in [5.74, 6) is 1.03. The lowest BCUT2D eigenvalue weighted by Crippen LogP contribution is -2.19. The summed E-state index contributed by atoms with van der Waals surface area (Å²) in [6.07, 6.45) is 2.98. The molecule has 0 aliphatic carbocycles. The Labute approximate surface area is 198 Å². The minimum Gasteiger partial charge on any atom is -0.492 e. The Hall–Kier alpha value is -3.02. The van der Waals surface area contributed by atoms with E-state index in [-0.39, 0.29) is 17.4 Å². The van der Waals surface area contributed by atoms with Crippen LogP contribution in [-0.4, -0.2) is 26.3 Å². The summed E-state index contributed by atoms with van der Waals surface area (Å²) < 4.78 is 40.1. The summed E-state index contributed by atoms with van der Waals surface area (Å²) >= 11 is 6.42. The van der Waals surface area contributed by atoms with E-state index in [0.29, 0.717) is 28.7 Å². The van der Waals surface area contributed by atoms with Gasteiger partial charge < -0.3 is 13.9 Å². The van der Waals surface area contributed by atoms with Gasteiger partial charge in [-0.15, -0.1) is 0 Å². The molecule has 3 rings (SSSR count). The molecule has 1 heterocycles. The van der Waals surface area contributed by atoms with Gasteiger partial charge in [-0.1, -0.05) is 44.5 Å². The maximum atomic E-state index is 11.8. The second-order valence-corrected chi connectivity index (χ2v) is 10.4. The molecular formula is C24H25ClN2O5S. The van der Waals surface area contributed by atoms with Crippen LogP contribution in [0.2, 0.25) is 5.02 Å². The first-order chi connectivity index (χ1) is 15.6. The van der Waals surface area contributed by atoms with Crippen molar-refractivity contribution in [3.63, 3.8) is 0 Å². The Morgan fingerprint density at radius 3 is 2.39 bits per heavy atom. The van der Waals surface area contributed by atoms with Crippen LogP contribution in [0, 0.1) is 11.3 Å². The molecule has 174 valence electrons. The van der Waals surface area contributed by atoms with Gasteiger partial charge in [0.25, 0.3) is 0 Å². The number of ether oxygens (including phenoxy) is 2. The van der Waals surface area contributed by atoms with E-state index in [0.717, 1.165) is 30.2 Å². The van der Waals surface area contributed by atoms with Crippen molar-refractivity contribution >= 4 is 21.4 Å². The number of benzene rings is 2. The van der Waals surface area contributed by atoms with E-state index < -0.39 is 15.3 Å². The first-order valence-corrected chi connectivity index (χ1v) is 12.6. The molecule has 0 bridgehead atoms. The van der Waals surface area contributed by atoms with Crippen LogP contribution in [0.3, 0.4) is 0 Å². The Kier molecular flexibility index (Phi) is 7.35. The lowest BCUT2D eigenvalue weighted by Gasteiger charge is -2.27. The highest BCUT2D eigenvalue weighted by Crippen LogP contribution is 2.37. The number of halogens is 1. The summed E-state index contributed by atoms with van der Waals surface area (Å²) in [6, 6.07) is 13.1. The van der Waals surface area contributed by atoms with Crippen molar-refractivity contribution in [1.82, 2.24) is 4.98 Å². The van der Waals surface area contributed by atoms with Gasteiger partial charge >= 0.3 is 0 Å². The number of sulfone groups is 1. The molecule has 0 fully saturated rings. The molecule has 0 aliphatic rings. The molecule has 0 spiro atoms. The number of aromatic nitrogens is 1. The smallest absolute Gasteiger partial charge is 0.200 e. The van der Waals surface area contributed by atoms with Crippen LogP contribution in [0.15, 0.2) is 52.2 Å². The highest BCUT2D eigenvalue weighted by Gasteiger charge is 2.26. The van der Waals surface area contributed by atoms with Gasteiger partial charge in [0.15, 0.2) is 27.0 Å². The first kappa shape index (κ1) is 24.6. The summed E-state index contributed by atoms with van der Waals surface area (Å²) in [5.41, 5.74) is 1.72. The summed E-state index contributed by atoms with van der Waals surface area (Å²) in [5, 5.41) is 10.0. The molecule has 0 radical (unpaired) electrons. The Morgan fingerprint density at radius 1 is 1.12 bits per heavy atom. The van der Waals surface area contributed by atoms with E-state index in [1.165, 1.54) is 0 Å². The van der Waals surface area contributed by atoms with Crippen LogP contribution in [-0.2, 0) is 21.9 Å². The molecule has 0 amide bonds. The van der Waals surface area contributed by atoms with E-state index >= 15 is 0 Å². The Bertz CT molecular complexity index is 1290. The normalized spacial score (nSPS) is 11.8. The van der Waals surface area contributed by atoms with E-state index in [1.807, 2.05) is 45.0 Å². The summed E-state index contributed by atoms with van der Waals surface area (Å²) in [4.78, 5) is 3.73. The molecule has 2 aromatic carbocycles. The highest BCUT2D eigenvalue weighted by atomic mass is 35.5. The van der Waals surface area contributed by atoms with Gasteiger partial charge in [0.1, 0.15) is 24.2 Å². The SMILES string of the molecule is CCCOc1ccc(C(C)(C)c2ccc(OCc3ocnc3S(C)(=O)=O)c(C#N)c2)cc1Cl. The maximum Gasteiger partial charge on any atom is 0.200 e. The molecule has 0 atom stereocenters. The van der Waals surface area contributed by atoms with Crippen LogP contribution in [0.4, 0.5) is 0 Å². The van der Waals surface area contributed by atoms with Gasteiger partial charge in [-0.2, -0.15) is 5.26 Å². The van der Waals surface area contributed by atoms with Gasteiger partial charge in [-0.3, -0.25) is 0 Å². The average molecular weight is 489 g/mol. The highest BCUT2D eigenvalue weighted by molar-refractivity contribution is 7.90. The second-order valence-electron chi connectivity index (χ2n) is 8.08. The van der Waals surface area contributed by atoms with Gasteiger partial charge in [0.05, 0.1) is 17.2 Å². The molecular weight excluding hydrogens is 464 g/mol. The van der Waals surface area contributed by atoms with Gasteiger partial charge in [0.2, 0.25) is 0 Å². The van der Waals surface area contributed by atoms with E-state index in [4.69, 9.17) is 25.5 Å². The molecule has 3 aromatic rings. The molecule has 0 aliphatic heterocycles. The van der Waals surface area contributed by atoms with Crippen molar-refractivity contribution in [1.29, 1.82) is 5.26 Å². The third kappa shape index (κ3) is 5.49. The maximum absolute atomic E-state index is 11.8. The van der Waals surface area contributed by atoms with Crippen molar-refractivity contribution in [3.8, 4) is 17.6 Å². The standard InChI is InChI=1S/C24H25ClN2O5S/c1-5-10-30-21-9-7-18(12-19(21)25)24(2,3)17-6-8-20(16(11-17)13-26)31-14-22-23(27-15-32-22)33(4,28)29/h6-9,11-12,15H,5,10,14H2,1-4H3. The van der Waals surface area contributed by atoms with Gasteiger partial charge in [0, 0.05) is 11.7 Å². The number of hydrogen-bond donors (Lipinski definition) is 0. The number of nitriles is 1. The van der Waals surface area contributed by atoms with Crippen LogP contribution in [0.1, 0.15) is 49.6 Å². The zero-order chi connectivity index (χ0) is 24.2. The van der Waals surface area contributed by atoms with Gasteiger partial charge in [-0.25, -0.2) is 13.4 Å². The van der Waals surface area contributed by atoms with Crippen LogP contribution in [0.5, 0.6) is 11.5 Å². The van der Waals surface area contributed by atoms with Crippen molar-refractivity contribution in [2.75, 3.05) is 12.9 Å². The third-order valence-corrected chi connectivity index (χ3v) is 6.58. The second kappa shape index (κ2) is 9.86. The Balaban J connectivity index is 1.85. The Morgan fingerprint density at radius 2 is 1.79 bits per heavy atom. The largest absolute Gasteiger partial charge is 0.492 e. The van der Waals surface area contributed by atoms with Crippen molar-refractivity contribution < 1.29 is 22.3 Å². The lowest BCUT2D eigenvalue weighted by molar-refractivity contribution is 0.264. The number of oxazole rings is 1. The average Bonchev–Trinajstić information content (AvgIpc) is 3.26. The van der Waals surface area contributed by atoms with Crippen LogP contribution < -0.4 is 9.47 Å². The predicted octanol–water partition coefficient (Wildman–Crippen LogP) is 5.30. The molecule has 0 unspecified atom stereocenters. The minimum atomic E-state index is -3.55. The fourth-order valence-corrected chi connectivity index (χ4v) is 4.31. The molecule has 9 heteroatoms. The van der Waals surface area contributed by atoms with Crippen LogP contribution >= 0.6 is 11.6 Å². The zero-order valence-electron chi connectivity index (χ0n) is 18.9. The third-order valence-electron chi connectivity index (χ3n) is 5.25. The topological polar surface area (TPSA) is 102 Å². The van der Waals surface area contributed by atoms with E-state index in [1.54, 1.807) is 12.1 Å². The van der Waals surface area contributed by atoms with Gasteiger partial charge in [-0.05, 0) is 41.8 Å². The molecule has 0 saturated carbocycles. The number of rotatable bonds is 9. The minimum absolute atomic E-state index is 0.0748. The molecule has 0 N–H and O–H groups in total. The van der Waals surface area contributed by atoms with E-state index in [9.17, 15) is 13.7 Å². The van der Waals surface area contributed by atoms with Crippen LogP contribution in [0.25, 0.3) is 0 Å². The molecule has 0 saturated heterocycles. The van der Waals surface area contributed by atoms with Crippen molar-refractivity contribution in [3.05, 3.63) is 70.3 Å². The molecule has 7 nitrogen and oxygen atoms in total. The first-order valence-electron chi connectivity index (χ1n) is 10.3. The fraction of sp³-hybridized carbons (Fsp3) is 0.333. The summed E-state index contributed by atoms with van der Waals surface area (Å²) in [7, 11) is -3.55.